The number of carbonyl (C=O) groups is 1. The van der Waals surface area contributed by atoms with E-state index in [1.165, 1.54) is 5.38 Å². The van der Waals surface area contributed by atoms with Gasteiger partial charge in [-0.2, -0.15) is 0 Å². The minimum Gasteiger partial charge on any atom is -0.461 e. The van der Waals surface area contributed by atoms with Gasteiger partial charge in [-0.3, -0.25) is 0 Å². The van der Waals surface area contributed by atoms with Gasteiger partial charge in [-0.05, 0) is 13.3 Å². The Bertz CT molecular complexity index is 371. The Morgan fingerprint density at radius 2 is 2.35 bits per heavy atom. The van der Waals surface area contributed by atoms with Gasteiger partial charge in [0.05, 0.1) is 12.7 Å². The minimum absolute atomic E-state index is 0.143. The zero-order valence-corrected chi connectivity index (χ0v) is 10.9. The first kappa shape index (κ1) is 14.4. The number of aliphatic hydroxyl groups excluding tert-OH is 2. The first-order chi connectivity index (χ1) is 8.10. The lowest BCUT2D eigenvalue weighted by atomic mass is 10.1. The van der Waals surface area contributed by atoms with Gasteiger partial charge in [0.1, 0.15) is 11.1 Å². The van der Waals surface area contributed by atoms with Crippen molar-refractivity contribution in [2.45, 2.75) is 25.6 Å². The Labute approximate surface area is 108 Å². The summed E-state index contributed by atoms with van der Waals surface area (Å²) < 4.78 is 4.77. The van der Waals surface area contributed by atoms with Gasteiger partial charge in [0.2, 0.25) is 0 Å². The minimum atomic E-state index is -1.12. The third-order valence-corrected chi connectivity index (χ3v) is 3.16. The van der Waals surface area contributed by atoms with Gasteiger partial charge in [0.15, 0.2) is 5.69 Å². The monoisotopic (exact) mass is 279 g/mol. The number of thiazole rings is 1. The molecule has 0 aliphatic heterocycles. The van der Waals surface area contributed by atoms with E-state index in [2.05, 4.69) is 4.98 Å². The molecule has 1 aromatic rings. The predicted octanol–water partition coefficient (Wildman–Crippen LogP) is 1.34. The standard InChI is InChI=1S/C10H14ClNO4S/c1-2-16-10(15)6-5-17-9(12-6)8(14)7(13)3-4-11/h5,7-8,13-14H,2-4H2,1H3. The zero-order chi connectivity index (χ0) is 12.8. The Morgan fingerprint density at radius 1 is 1.65 bits per heavy atom. The number of hydrogen-bond acceptors (Lipinski definition) is 6. The molecule has 0 fully saturated rings. The van der Waals surface area contributed by atoms with Crippen LogP contribution in [0.4, 0.5) is 0 Å². The summed E-state index contributed by atoms with van der Waals surface area (Å²) in [6, 6.07) is 0. The molecule has 1 rings (SSSR count). The van der Waals surface area contributed by atoms with E-state index in [0.29, 0.717) is 0 Å². The van der Waals surface area contributed by atoms with Crippen molar-refractivity contribution in [3.05, 3.63) is 16.1 Å². The number of ether oxygens (including phenoxy) is 1. The fourth-order valence-corrected chi connectivity index (χ4v) is 2.21. The fourth-order valence-electron chi connectivity index (χ4n) is 1.16. The second kappa shape index (κ2) is 6.90. The molecule has 0 aliphatic carbocycles. The number of aliphatic hydroxyl groups is 2. The molecule has 0 amide bonds. The van der Waals surface area contributed by atoms with Crippen molar-refractivity contribution in [2.75, 3.05) is 12.5 Å². The maximum Gasteiger partial charge on any atom is 0.357 e. The molecule has 0 spiro atoms. The van der Waals surface area contributed by atoms with Crippen LogP contribution >= 0.6 is 22.9 Å². The number of halogens is 1. The highest BCUT2D eigenvalue weighted by atomic mass is 35.5. The maximum atomic E-state index is 11.3. The van der Waals surface area contributed by atoms with Crippen LogP contribution in [0.1, 0.15) is 34.9 Å². The quantitative estimate of drug-likeness (QED) is 0.607. The van der Waals surface area contributed by atoms with E-state index in [9.17, 15) is 15.0 Å². The van der Waals surface area contributed by atoms with Gasteiger partial charge in [-0.15, -0.1) is 22.9 Å². The third kappa shape index (κ3) is 3.92. The Kier molecular flexibility index (Phi) is 5.84. The van der Waals surface area contributed by atoms with Gasteiger partial charge in [-0.25, -0.2) is 9.78 Å². The van der Waals surface area contributed by atoms with E-state index < -0.39 is 18.2 Å². The van der Waals surface area contributed by atoms with Crippen LogP contribution in [0.3, 0.4) is 0 Å². The first-order valence-electron chi connectivity index (χ1n) is 5.14. The molecule has 0 saturated heterocycles. The lowest BCUT2D eigenvalue weighted by Crippen LogP contribution is -2.18. The molecule has 0 saturated carbocycles. The third-order valence-electron chi connectivity index (χ3n) is 2.03. The normalized spacial score (nSPS) is 14.4. The maximum absolute atomic E-state index is 11.3. The van der Waals surface area contributed by atoms with Crippen LogP contribution in [-0.4, -0.2) is 39.8 Å². The summed E-state index contributed by atoms with van der Waals surface area (Å²) in [5.41, 5.74) is 0.143. The van der Waals surface area contributed by atoms with E-state index >= 15 is 0 Å². The summed E-state index contributed by atoms with van der Waals surface area (Å²) in [5.74, 6) is -0.289. The number of esters is 1. The average Bonchev–Trinajstić information content (AvgIpc) is 2.78. The van der Waals surface area contributed by atoms with Crippen LogP contribution < -0.4 is 0 Å². The number of nitrogens with zero attached hydrogens (tertiary/aromatic N) is 1. The smallest absolute Gasteiger partial charge is 0.357 e. The molecule has 0 radical (unpaired) electrons. The van der Waals surface area contributed by atoms with E-state index in [-0.39, 0.29) is 29.6 Å². The SMILES string of the molecule is CCOC(=O)c1csc(C(O)C(O)CCCl)n1. The van der Waals surface area contributed by atoms with Crippen molar-refractivity contribution in [3.63, 3.8) is 0 Å². The van der Waals surface area contributed by atoms with E-state index in [0.717, 1.165) is 11.3 Å². The number of carbonyl (C=O) groups excluding carboxylic acids is 1. The molecule has 0 aliphatic rings. The Morgan fingerprint density at radius 3 is 2.94 bits per heavy atom. The number of rotatable bonds is 6. The summed E-state index contributed by atoms with van der Waals surface area (Å²) >= 11 is 6.56. The molecule has 96 valence electrons. The van der Waals surface area contributed by atoms with Crippen LogP contribution in [-0.2, 0) is 4.74 Å². The molecule has 1 heterocycles. The van der Waals surface area contributed by atoms with Crippen molar-refractivity contribution >= 4 is 28.9 Å². The second-order valence-corrected chi connectivity index (χ2v) is 4.55. The summed E-state index contributed by atoms with van der Waals surface area (Å²) in [6.45, 7) is 1.97. The summed E-state index contributed by atoms with van der Waals surface area (Å²) in [5, 5.41) is 21.0. The molecule has 7 heteroatoms. The van der Waals surface area contributed by atoms with Crippen molar-refractivity contribution in [3.8, 4) is 0 Å². The van der Waals surface area contributed by atoms with E-state index in [1.54, 1.807) is 6.92 Å². The highest BCUT2D eigenvalue weighted by Crippen LogP contribution is 2.23. The van der Waals surface area contributed by atoms with Crippen LogP contribution in [0, 0.1) is 0 Å². The second-order valence-electron chi connectivity index (χ2n) is 3.28. The van der Waals surface area contributed by atoms with Crippen molar-refractivity contribution in [2.24, 2.45) is 0 Å². The van der Waals surface area contributed by atoms with Gasteiger partial charge in [0, 0.05) is 11.3 Å². The molecular weight excluding hydrogens is 266 g/mol. The molecular formula is C10H14ClNO4S. The van der Waals surface area contributed by atoms with Crippen LogP contribution in [0.25, 0.3) is 0 Å². The summed E-state index contributed by atoms with van der Waals surface area (Å²) in [6.07, 6.45) is -1.84. The molecule has 2 atom stereocenters. The van der Waals surface area contributed by atoms with Crippen molar-refractivity contribution < 1.29 is 19.7 Å². The van der Waals surface area contributed by atoms with Crippen molar-refractivity contribution in [1.29, 1.82) is 0 Å². The Balaban J connectivity index is 2.70. The molecule has 2 N–H and O–H groups in total. The average molecular weight is 280 g/mol. The van der Waals surface area contributed by atoms with Gasteiger partial charge >= 0.3 is 5.97 Å². The first-order valence-corrected chi connectivity index (χ1v) is 6.56. The number of hydrogen-bond donors (Lipinski definition) is 2. The van der Waals surface area contributed by atoms with Crippen LogP contribution in [0.15, 0.2) is 5.38 Å². The summed E-state index contributed by atoms with van der Waals surface area (Å²) in [4.78, 5) is 15.3. The lowest BCUT2D eigenvalue weighted by Gasteiger charge is -2.13. The molecule has 5 nitrogen and oxygen atoms in total. The number of alkyl halides is 1. The van der Waals surface area contributed by atoms with E-state index in [4.69, 9.17) is 16.3 Å². The van der Waals surface area contributed by atoms with Gasteiger partial charge in [0.25, 0.3) is 0 Å². The highest BCUT2D eigenvalue weighted by Gasteiger charge is 2.22. The van der Waals surface area contributed by atoms with Gasteiger partial charge < -0.3 is 14.9 Å². The van der Waals surface area contributed by atoms with Gasteiger partial charge in [-0.1, -0.05) is 0 Å². The molecule has 0 aromatic carbocycles. The van der Waals surface area contributed by atoms with E-state index in [1.807, 2.05) is 0 Å². The molecule has 2 unspecified atom stereocenters. The van der Waals surface area contributed by atoms with Crippen LogP contribution in [0.2, 0.25) is 0 Å². The fraction of sp³-hybridized carbons (Fsp3) is 0.600. The predicted molar refractivity (Wildman–Crippen MR) is 64.4 cm³/mol. The molecule has 1 aromatic heterocycles. The van der Waals surface area contributed by atoms with Crippen LogP contribution in [0.5, 0.6) is 0 Å². The topological polar surface area (TPSA) is 79.7 Å². The molecule has 17 heavy (non-hydrogen) atoms. The Hall–Kier alpha value is -0.690. The highest BCUT2D eigenvalue weighted by molar-refractivity contribution is 7.09. The molecule has 0 bridgehead atoms. The zero-order valence-electron chi connectivity index (χ0n) is 9.30. The number of aromatic nitrogens is 1. The lowest BCUT2D eigenvalue weighted by molar-refractivity contribution is 0.0166. The van der Waals surface area contributed by atoms with Crippen molar-refractivity contribution in [1.82, 2.24) is 4.98 Å². The summed E-state index contributed by atoms with van der Waals surface area (Å²) in [7, 11) is 0. The largest absolute Gasteiger partial charge is 0.461 e.